The van der Waals surface area contributed by atoms with E-state index in [9.17, 15) is 0 Å². The van der Waals surface area contributed by atoms with Crippen LogP contribution in [0, 0.1) is 0 Å². The Labute approximate surface area is 126 Å². The minimum atomic E-state index is 0.553. The first-order valence-electron chi connectivity index (χ1n) is 6.91. The lowest BCUT2D eigenvalue weighted by atomic mass is 10.2. The molecular weight excluding hydrogens is 278 g/mol. The Hall–Kier alpha value is -0.970. The highest BCUT2D eigenvalue weighted by molar-refractivity contribution is 6.32. The molecule has 0 amide bonds. The van der Waals surface area contributed by atoms with E-state index in [-0.39, 0.29) is 0 Å². The minimum Gasteiger partial charge on any atom is -0.493 e. The second-order valence-electron chi connectivity index (χ2n) is 4.48. The van der Waals surface area contributed by atoms with E-state index in [4.69, 9.17) is 25.8 Å². The van der Waals surface area contributed by atoms with Crippen molar-refractivity contribution in [2.24, 2.45) is 0 Å². The Balaban J connectivity index is 2.69. The number of hydrogen-bond acceptors (Lipinski definition) is 4. The molecule has 0 aromatic heterocycles. The largest absolute Gasteiger partial charge is 0.493 e. The van der Waals surface area contributed by atoms with E-state index in [1.54, 1.807) is 14.2 Å². The van der Waals surface area contributed by atoms with Crippen LogP contribution >= 0.6 is 11.6 Å². The Kier molecular flexibility index (Phi) is 8.42. The number of rotatable bonds is 10. The second kappa shape index (κ2) is 9.86. The summed E-state index contributed by atoms with van der Waals surface area (Å²) >= 11 is 6.27. The smallest absolute Gasteiger partial charge is 0.179 e. The van der Waals surface area contributed by atoms with Crippen molar-refractivity contribution in [3.05, 3.63) is 22.7 Å². The molecule has 0 bridgehead atoms. The van der Waals surface area contributed by atoms with Crippen LogP contribution in [-0.2, 0) is 11.3 Å². The standard InChI is InChI=1S/C15H24ClNO3/c1-4-6-17-11-12-9-13(16)15(14(10-12)19-3)20-8-5-7-18-2/h9-10,17H,4-8,11H2,1-3H3. The van der Waals surface area contributed by atoms with Crippen LogP contribution in [0.3, 0.4) is 0 Å². The predicted octanol–water partition coefficient (Wildman–Crippen LogP) is 3.26. The molecule has 0 aliphatic carbocycles. The van der Waals surface area contributed by atoms with Crippen molar-refractivity contribution in [1.82, 2.24) is 5.32 Å². The van der Waals surface area contributed by atoms with Crippen molar-refractivity contribution in [2.75, 3.05) is 34.0 Å². The third kappa shape index (κ3) is 5.57. The molecule has 0 fully saturated rings. The van der Waals surface area contributed by atoms with Gasteiger partial charge in [-0.2, -0.15) is 0 Å². The summed E-state index contributed by atoms with van der Waals surface area (Å²) in [6.07, 6.45) is 1.92. The molecule has 20 heavy (non-hydrogen) atoms. The van der Waals surface area contributed by atoms with Gasteiger partial charge in [0.15, 0.2) is 11.5 Å². The number of hydrogen-bond donors (Lipinski definition) is 1. The average Bonchev–Trinajstić information content (AvgIpc) is 2.45. The summed E-state index contributed by atoms with van der Waals surface area (Å²) in [5, 5.41) is 3.92. The molecule has 0 aliphatic rings. The summed E-state index contributed by atoms with van der Waals surface area (Å²) in [6.45, 7) is 5.11. The SMILES string of the molecule is CCCNCc1cc(Cl)c(OCCCOC)c(OC)c1. The molecule has 1 aromatic carbocycles. The fourth-order valence-electron chi connectivity index (χ4n) is 1.80. The molecule has 1 N–H and O–H groups in total. The highest BCUT2D eigenvalue weighted by Crippen LogP contribution is 2.36. The number of ether oxygens (including phenoxy) is 3. The van der Waals surface area contributed by atoms with E-state index < -0.39 is 0 Å². The van der Waals surface area contributed by atoms with Crippen molar-refractivity contribution >= 4 is 11.6 Å². The molecule has 0 spiro atoms. The van der Waals surface area contributed by atoms with Crippen LogP contribution in [0.2, 0.25) is 5.02 Å². The van der Waals surface area contributed by atoms with Crippen LogP contribution in [0.25, 0.3) is 0 Å². The van der Waals surface area contributed by atoms with E-state index >= 15 is 0 Å². The Morgan fingerprint density at radius 2 is 2.00 bits per heavy atom. The van der Waals surface area contributed by atoms with Crippen molar-refractivity contribution in [3.63, 3.8) is 0 Å². The van der Waals surface area contributed by atoms with Crippen molar-refractivity contribution in [3.8, 4) is 11.5 Å². The number of benzene rings is 1. The number of nitrogens with one attached hydrogen (secondary N) is 1. The molecule has 0 aliphatic heterocycles. The summed E-state index contributed by atoms with van der Waals surface area (Å²) in [7, 11) is 3.29. The van der Waals surface area contributed by atoms with Crippen LogP contribution in [0.1, 0.15) is 25.3 Å². The Morgan fingerprint density at radius 3 is 2.65 bits per heavy atom. The summed E-state index contributed by atoms with van der Waals surface area (Å²) in [6, 6.07) is 3.87. The zero-order valence-corrected chi connectivity index (χ0v) is 13.3. The second-order valence-corrected chi connectivity index (χ2v) is 4.89. The summed E-state index contributed by atoms with van der Waals surface area (Å²) in [5.74, 6) is 1.27. The van der Waals surface area contributed by atoms with Gasteiger partial charge in [0.25, 0.3) is 0 Å². The molecule has 0 saturated heterocycles. The van der Waals surface area contributed by atoms with Crippen molar-refractivity contribution in [2.45, 2.75) is 26.3 Å². The maximum absolute atomic E-state index is 6.27. The van der Waals surface area contributed by atoms with Gasteiger partial charge < -0.3 is 19.5 Å². The molecule has 1 aromatic rings. The molecule has 114 valence electrons. The van der Waals surface area contributed by atoms with Gasteiger partial charge in [-0.15, -0.1) is 0 Å². The quantitative estimate of drug-likeness (QED) is 0.673. The molecule has 0 saturated carbocycles. The van der Waals surface area contributed by atoms with Gasteiger partial charge in [0.2, 0.25) is 0 Å². The van der Waals surface area contributed by atoms with E-state index in [1.165, 1.54) is 0 Å². The monoisotopic (exact) mass is 301 g/mol. The third-order valence-corrected chi connectivity index (χ3v) is 3.07. The first-order valence-corrected chi connectivity index (χ1v) is 7.29. The summed E-state index contributed by atoms with van der Waals surface area (Å²) < 4.78 is 16.0. The fraction of sp³-hybridized carbons (Fsp3) is 0.600. The molecule has 0 radical (unpaired) electrons. The third-order valence-electron chi connectivity index (χ3n) is 2.78. The van der Waals surface area contributed by atoms with Crippen LogP contribution in [0.5, 0.6) is 11.5 Å². The number of methoxy groups -OCH3 is 2. The molecule has 0 heterocycles. The topological polar surface area (TPSA) is 39.7 Å². The average molecular weight is 302 g/mol. The molecule has 4 nitrogen and oxygen atoms in total. The van der Waals surface area contributed by atoms with E-state index in [2.05, 4.69) is 12.2 Å². The zero-order valence-electron chi connectivity index (χ0n) is 12.5. The molecule has 0 unspecified atom stereocenters. The molecule has 5 heteroatoms. The molecular formula is C15H24ClNO3. The van der Waals surface area contributed by atoms with E-state index in [0.29, 0.717) is 29.7 Å². The van der Waals surface area contributed by atoms with E-state index in [1.807, 2.05) is 12.1 Å². The van der Waals surface area contributed by atoms with Crippen LogP contribution in [-0.4, -0.2) is 34.0 Å². The Morgan fingerprint density at radius 1 is 1.20 bits per heavy atom. The van der Waals surface area contributed by atoms with Gasteiger partial charge in [0.05, 0.1) is 18.7 Å². The maximum atomic E-state index is 6.27. The van der Waals surface area contributed by atoms with Crippen molar-refractivity contribution in [1.29, 1.82) is 0 Å². The molecule has 1 rings (SSSR count). The van der Waals surface area contributed by atoms with Gasteiger partial charge in [-0.3, -0.25) is 0 Å². The lowest BCUT2D eigenvalue weighted by molar-refractivity contribution is 0.170. The van der Waals surface area contributed by atoms with E-state index in [0.717, 1.165) is 31.5 Å². The highest BCUT2D eigenvalue weighted by atomic mass is 35.5. The summed E-state index contributed by atoms with van der Waals surface area (Å²) in [4.78, 5) is 0. The van der Waals surface area contributed by atoms with Gasteiger partial charge in [-0.05, 0) is 30.7 Å². The van der Waals surface area contributed by atoms with Gasteiger partial charge in [-0.1, -0.05) is 18.5 Å². The van der Waals surface area contributed by atoms with Gasteiger partial charge in [-0.25, -0.2) is 0 Å². The summed E-state index contributed by atoms with van der Waals surface area (Å²) in [5.41, 5.74) is 1.09. The molecule has 0 atom stereocenters. The Bertz CT molecular complexity index is 399. The van der Waals surface area contributed by atoms with Crippen molar-refractivity contribution < 1.29 is 14.2 Å². The minimum absolute atomic E-state index is 0.553. The lowest BCUT2D eigenvalue weighted by Crippen LogP contribution is -2.14. The van der Waals surface area contributed by atoms with Gasteiger partial charge >= 0.3 is 0 Å². The first kappa shape index (κ1) is 17.1. The maximum Gasteiger partial charge on any atom is 0.179 e. The van der Waals surface area contributed by atoms with Gasteiger partial charge in [0, 0.05) is 26.7 Å². The normalized spacial score (nSPS) is 10.6. The number of halogens is 1. The lowest BCUT2D eigenvalue weighted by Gasteiger charge is -2.14. The zero-order chi connectivity index (χ0) is 14.8. The van der Waals surface area contributed by atoms with Crippen LogP contribution in [0.4, 0.5) is 0 Å². The first-order chi connectivity index (χ1) is 9.72. The fourth-order valence-corrected chi connectivity index (χ4v) is 2.09. The highest BCUT2D eigenvalue weighted by Gasteiger charge is 2.11. The van der Waals surface area contributed by atoms with Crippen LogP contribution in [0.15, 0.2) is 12.1 Å². The van der Waals surface area contributed by atoms with Crippen LogP contribution < -0.4 is 14.8 Å². The van der Waals surface area contributed by atoms with Gasteiger partial charge in [0.1, 0.15) is 0 Å². The predicted molar refractivity (Wildman–Crippen MR) is 82.0 cm³/mol.